The first-order valence-electron chi connectivity index (χ1n) is 22.2. The normalized spacial score (nSPS) is 11.8. The first-order valence-corrected chi connectivity index (χ1v) is 22.2. The maximum Gasteiger partial charge on any atom is 0.311 e. The molecule has 53 heavy (non-hydrogen) atoms. The quantitative estimate of drug-likeness (QED) is 0.0378. The van der Waals surface area contributed by atoms with Crippen molar-refractivity contribution in [3.63, 3.8) is 0 Å². The molecule has 1 atom stereocenters. The number of rotatable bonds is 38. The van der Waals surface area contributed by atoms with E-state index in [0.29, 0.717) is 25.0 Å². The maximum atomic E-state index is 12.6. The Kier molecular flexibility index (Phi) is 33.5. The van der Waals surface area contributed by atoms with Crippen LogP contribution < -0.4 is 4.74 Å². The number of ether oxygens (including phenoxy) is 4. The zero-order valence-corrected chi connectivity index (χ0v) is 34.5. The Morgan fingerprint density at radius 2 is 0.830 bits per heavy atom. The molecular weight excluding hydrogens is 664 g/mol. The van der Waals surface area contributed by atoms with Crippen molar-refractivity contribution < 1.29 is 33.3 Å². The molecule has 0 spiro atoms. The van der Waals surface area contributed by atoms with Crippen LogP contribution in [0.2, 0.25) is 0 Å². The zero-order chi connectivity index (χ0) is 38.5. The molecule has 0 N–H and O–H groups in total. The Morgan fingerprint density at radius 1 is 0.472 bits per heavy atom. The molecule has 0 aliphatic heterocycles. The molecule has 0 saturated heterocycles. The molecule has 0 aliphatic rings. The van der Waals surface area contributed by atoms with Crippen molar-refractivity contribution >= 4 is 17.9 Å². The summed E-state index contributed by atoms with van der Waals surface area (Å²) in [7, 11) is 0. The maximum absolute atomic E-state index is 12.6. The van der Waals surface area contributed by atoms with Gasteiger partial charge in [-0.3, -0.25) is 14.4 Å². The molecule has 0 saturated carbocycles. The van der Waals surface area contributed by atoms with E-state index in [1.807, 2.05) is 25.1 Å². The van der Waals surface area contributed by atoms with Crippen LogP contribution in [0.4, 0.5) is 0 Å². The molecule has 0 radical (unpaired) electrons. The summed E-state index contributed by atoms with van der Waals surface area (Å²) in [6, 6.07) is 8.99. The molecule has 306 valence electrons. The van der Waals surface area contributed by atoms with Crippen LogP contribution >= 0.6 is 0 Å². The average molecular weight is 745 g/mol. The van der Waals surface area contributed by atoms with E-state index in [1.165, 1.54) is 128 Å². The van der Waals surface area contributed by atoms with E-state index in [-0.39, 0.29) is 43.6 Å². The molecule has 0 aromatic heterocycles. The minimum absolute atomic E-state index is 0.0160. The summed E-state index contributed by atoms with van der Waals surface area (Å²) in [6.45, 7) is 6.42. The Morgan fingerprint density at radius 3 is 1.21 bits per heavy atom. The van der Waals surface area contributed by atoms with Crippen molar-refractivity contribution in [2.24, 2.45) is 0 Å². The molecule has 0 fully saturated rings. The second-order valence-corrected chi connectivity index (χ2v) is 15.2. The van der Waals surface area contributed by atoms with Crippen molar-refractivity contribution in [1.82, 2.24) is 0 Å². The Labute approximate surface area is 325 Å². The lowest BCUT2D eigenvalue weighted by Crippen LogP contribution is -2.32. The third kappa shape index (κ3) is 32.7. The van der Waals surface area contributed by atoms with Gasteiger partial charge in [0.15, 0.2) is 0 Å². The van der Waals surface area contributed by atoms with Crippen molar-refractivity contribution in [1.29, 1.82) is 0 Å². The van der Waals surface area contributed by atoms with Crippen LogP contribution in [0.5, 0.6) is 5.75 Å². The van der Waals surface area contributed by atoms with Crippen LogP contribution in [-0.2, 0) is 28.6 Å². The van der Waals surface area contributed by atoms with E-state index in [1.54, 1.807) is 12.1 Å². The molecule has 1 unspecified atom stereocenters. The van der Waals surface area contributed by atoms with Crippen molar-refractivity contribution in [2.45, 2.75) is 226 Å². The number of hydrogen-bond donors (Lipinski definition) is 0. The van der Waals surface area contributed by atoms with Gasteiger partial charge in [-0.2, -0.15) is 0 Å². The lowest BCUT2D eigenvalue weighted by molar-refractivity contribution is -0.158. The minimum Gasteiger partial charge on any atom is -0.463 e. The lowest BCUT2D eigenvalue weighted by Gasteiger charge is -2.22. The summed E-state index contributed by atoms with van der Waals surface area (Å²) >= 11 is 0. The predicted octanol–water partition coefficient (Wildman–Crippen LogP) is 13.2. The fraction of sp³-hybridized carbons (Fsp3) is 0.804. The van der Waals surface area contributed by atoms with E-state index in [4.69, 9.17) is 18.9 Å². The molecule has 7 nitrogen and oxygen atoms in total. The molecule has 0 aliphatic carbocycles. The van der Waals surface area contributed by atoms with E-state index in [2.05, 4.69) is 13.8 Å². The van der Waals surface area contributed by atoms with Gasteiger partial charge in [0, 0.05) is 19.3 Å². The Bertz CT molecular complexity index is 935. The van der Waals surface area contributed by atoms with Gasteiger partial charge >= 0.3 is 17.9 Å². The largest absolute Gasteiger partial charge is 0.463 e. The van der Waals surface area contributed by atoms with Gasteiger partial charge in [-0.15, -0.1) is 0 Å². The highest BCUT2D eigenvalue weighted by molar-refractivity contribution is 5.72. The Balaban J connectivity index is 2.31. The molecular formula is C46H80O7. The number of benzene rings is 1. The second kappa shape index (κ2) is 36.6. The van der Waals surface area contributed by atoms with Crippen molar-refractivity contribution in [2.75, 3.05) is 13.2 Å². The highest BCUT2D eigenvalue weighted by Gasteiger charge is 2.20. The lowest BCUT2D eigenvalue weighted by atomic mass is 10.0. The topological polar surface area (TPSA) is 88.1 Å². The van der Waals surface area contributed by atoms with Gasteiger partial charge in [0.2, 0.25) is 0 Å². The molecule has 1 aromatic carbocycles. The number of carbonyl (C=O) groups excluding carboxylic acids is 3. The van der Waals surface area contributed by atoms with E-state index < -0.39 is 6.10 Å². The predicted molar refractivity (Wildman–Crippen MR) is 218 cm³/mol. The first kappa shape index (κ1) is 48.6. The van der Waals surface area contributed by atoms with Gasteiger partial charge in [0.1, 0.15) is 25.1 Å². The van der Waals surface area contributed by atoms with Gasteiger partial charge in [0.05, 0.1) is 6.10 Å². The highest BCUT2D eigenvalue weighted by Crippen LogP contribution is 2.16. The third-order valence-corrected chi connectivity index (χ3v) is 9.98. The first-order chi connectivity index (χ1) is 25.9. The van der Waals surface area contributed by atoms with E-state index in [0.717, 1.165) is 38.5 Å². The van der Waals surface area contributed by atoms with Crippen molar-refractivity contribution in [3.05, 3.63) is 30.3 Å². The van der Waals surface area contributed by atoms with Gasteiger partial charge in [0.25, 0.3) is 0 Å². The smallest absolute Gasteiger partial charge is 0.311 e. The number of hydrogen-bond acceptors (Lipinski definition) is 7. The van der Waals surface area contributed by atoms with Crippen molar-refractivity contribution in [3.8, 4) is 5.75 Å². The number of esters is 3. The van der Waals surface area contributed by atoms with Gasteiger partial charge < -0.3 is 18.9 Å². The third-order valence-electron chi connectivity index (χ3n) is 9.98. The standard InChI is InChI=1S/C46H80O7/c1-4-6-8-10-12-14-16-18-20-22-24-26-31-35-44(47)50-39-43(52-41(3)37-38-46(49)53-42-33-29-28-30-34-42)40-51-45(48)36-32-27-25-23-21-19-17-15-13-11-9-7-5-2/h28-30,33-34,41,43H,4-27,31-32,35-40H2,1-3H3. The summed E-state index contributed by atoms with van der Waals surface area (Å²) in [6.07, 6.45) is 33.1. The summed E-state index contributed by atoms with van der Waals surface area (Å²) < 4.78 is 22.7. The summed E-state index contributed by atoms with van der Waals surface area (Å²) in [4.78, 5) is 37.5. The molecule has 0 heterocycles. The monoisotopic (exact) mass is 745 g/mol. The highest BCUT2D eigenvalue weighted by atomic mass is 16.6. The van der Waals surface area contributed by atoms with Crippen LogP contribution in [0, 0.1) is 0 Å². The fourth-order valence-electron chi connectivity index (χ4n) is 6.61. The summed E-state index contributed by atoms with van der Waals surface area (Å²) in [5, 5.41) is 0. The van der Waals surface area contributed by atoms with Crippen LogP contribution in [0.3, 0.4) is 0 Å². The van der Waals surface area contributed by atoms with Gasteiger partial charge in [-0.25, -0.2) is 0 Å². The molecule has 7 heteroatoms. The van der Waals surface area contributed by atoms with E-state index >= 15 is 0 Å². The fourth-order valence-corrected chi connectivity index (χ4v) is 6.61. The minimum atomic E-state index is -0.596. The molecule has 0 amide bonds. The van der Waals surface area contributed by atoms with Crippen LogP contribution in [0.1, 0.15) is 213 Å². The number of para-hydroxylation sites is 1. The van der Waals surface area contributed by atoms with E-state index in [9.17, 15) is 14.4 Å². The van der Waals surface area contributed by atoms with Crippen LogP contribution in [-0.4, -0.2) is 43.3 Å². The van der Waals surface area contributed by atoms with Crippen LogP contribution in [0.25, 0.3) is 0 Å². The SMILES string of the molecule is CCCCCCCCCCCCCCCC(=O)OCC(COC(=O)CCCCCCCCCCCCCCC)OC(C)CCC(=O)Oc1ccccc1. The Hall–Kier alpha value is -2.41. The molecule has 0 bridgehead atoms. The van der Waals surface area contributed by atoms with Crippen LogP contribution in [0.15, 0.2) is 30.3 Å². The number of unbranched alkanes of at least 4 members (excludes halogenated alkanes) is 24. The molecule has 1 aromatic rings. The van der Waals surface area contributed by atoms with Gasteiger partial charge in [-0.05, 0) is 38.3 Å². The van der Waals surface area contributed by atoms with Gasteiger partial charge in [-0.1, -0.05) is 186 Å². The summed E-state index contributed by atoms with van der Waals surface area (Å²) in [5.74, 6) is -0.329. The zero-order valence-electron chi connectivity index (χ0n) is 34.5. The second-order valence-electron chi connectivity index (χ2n) is 15.2. The average Bonchev–Trinajstić information content (AvgIpc) is 3.16. The summed E-state index contributed by atoms with van der Waals surface area (Å²) in [5.41, 5.74) is 0. The molecule has 1 rings (SSSR count). The number of carbonyl (C=O) groups is 3.